The van der Waals surface area contributed by atoms with E-state index in [1.54, 1.807) is 29.3 Å². The van der Waals surface area contributed by atoms with Gasteiger partial charge in [-0.2, -0.15) is 5.10 Å². The minimum absolute atomic E-state index is 0.0599. The second-order valence-electron chi connectivity index (χ2n) is 7.84. The third-order valence-electron chi connectivity index (χ3n) is 5.80. The summed E-state index contributed by atoms with van der Waals surface area (Å²) in [6, 6.07) is 7.12. The molecule has 2 heterocycles. The molecular formula is C21H25Cl2N5O2. The van der Waals surface area contributed by atoms with E-state index in [0.717, 1.165) is 18.7 Å². The molecule has 160 valence electrons. The lowest BCUT2D eigenvalue weighted by atomic mass is 10.1. The summed E-state index contributed by atoms with van der Waals surface area (Å²) >= 11 is 12.1. The minimum Gasteiger partial charge on any atom is -0.336 e. The number of hydrogen-bond donors (Lipinski definition) is 1. The van der Waals surface area contributed by atoms with Gasteiger partial charge in [0.2, 0.25) is 5.91 Å². The first-order chi connectivity index (χ1) is 14.5. The molecule has 1 aromatic heterocycles. The lowest BCUT2D eigenvalue weighted by molar-refractivity contribution is -0.117. The van der Waals surface area contributed by atoms with E-state index in [1.165, 1.54) is 12.8 Å². The van der Waals surface area contributed by atoms with E-state index >= 15 is 0 Å². The quantitative estimate of drug-likeness (QED) is 0.754. The van der Waals surface area contributed by atoms with Crippen molar-refractivity contribution in [3.63, 3.8) is 0 Å². The number of nitrogens with one attached hydrogen (secondary N) is 1. The van der Waals surface area contributed by atoms with Gasteiger partial charge in [-0.25, -0.2) is 4.68 Å². The van der Waals surface area contributed by atoms with Gasteiger partial charge < -0.3 is 10.2 Å². The zero-order valence-electron chi connectivity index (χ0n) is 16.7. The molecule has 1 N–H and O–H groups in total. The van der Waals surface area contributed by atoms with Crippen LogP contribution >= 0.6 is 23.2 Å². The molecule has 2 aromatic rings. The molecule has 9 heteroatoms. The Kier molecular flexibility index (Phi) is 6.61. The SMILES string of the molecule is O=C(CN1CCN(C(=O)c2ccc(Cl)cc2Cl)CC1)Nc1ccnn1C1CCCC1. The largest absolute Gasteiger partial charge is 0.336 e. The molecule has 2 aliphatic rings. The molecule has 1 aliphatic heterocycles. The fourth-order valence-electron chi connectivity index (χ4n) is 4.18. The fourth-order valence-corrected chi connectivity index (χ4v) is 4.67. The van der Waals surface area contributed by atoms with Gasteiger partial charge in [-0.1, -0.05) is 36.0 Å². The second kappa shape index (κ2) is 9.37. The average molecular weight is 450 g/mol. The molecule has 1 aromatic carbocycles. The van der Waals surface area contributed by atoms with Crippen LogP contribution in [0.1, 0.15) is 42.1 Å². The van der Waals surface area contributed by atoms with E-state index in [9.17, 15) is 9.59 Å². The highest BCUT2D eigenvalue weighted by molar-refractivity contribution is 6.36. The number of benzene rings is 1. The Hall–Kier alpha value is -2.09. The Morgan fingerprint density at radius 1 is 1.07 bits per heavy atom. The van der Waals surface area contributed by atoms with Crippen molar-refractivity contribution in [3.8, 4) is 0 Å². The minimum atomic E-state index is -0.110. The molecule has 0 radical (unpaired) electrons. The monoisotopic (exact) mass is 449 g/mol. The van der Waals surface area contributed by atoms with Crippen molar-refractivity contribution in [1.29, 1.82) is 0 Å². The molecule has 2 fully saturated rings. The summed E-state index contributed by atoms with van der Waals surface area (Å²) in [6.45, 7) is 2.65. The van der Waals surface area contributed by atoms with E-state index in [2.05, 4.69) is 15.3 Å². The van der Waals surface area contributed by atoms with Crippen LogP contribution in [0.2, 0.25) is 10.0 Å². The molecular weight excluding hydrogens is 425 g/mol. The number of piperazine rings is 1. The Labute approximate surface area is 185 Å². The molecule has 4 rings (SSSR count). The molecule has 1 saturated carbocycles. The second-order valence-corrected chi connectivity index (χ2v) is 8.68. The lowest BCUT2D eigenvalue weighted by Gasteiger charge is -2.34. The first-order valence-electron chi connectivity index (χ1n) is 10.3. The van der Waals surface area contributed by atoms with Crippen LogP contribution in [0, 0.1) is 0 Å². The topological polar surface area (TPSA) is 70.5 Å². The third kappa shape index (κ3) is 4.79. The van der Waals surface area contributed by atoms with E-state index < -0.39 is 0 Å². The number of rotatable bonds is 5. The number of aromatic nitrogens is 2. The third-order valence-corrected chi connectivity index (χ3v) is 6.34. The maximum absolute atomic E-state index is 12.7. The van der Waals surface area contributed by atoms with Crippen LogP contribution in [-0.2, 0) is 4.79 Å². The maximum atomic E-state index is 12.7. The molecule has 1 aliphatic carbocycles. The van der Waals surface area contributed by atoms with Crippen molar-refractivity contribution in [1.82, 2.24) is 19.6 Å². The molecule has 0 bridgehead atoms. The van der Waals surface area contributed by atoms with Crippen LogP contribution in [0.25, 0.3) is 0 Å². The van der Waals surface area contributed by atoms with E-state index in [-0.39, 0.29) is 11.8 Å². The highest BCUT2D eigenvalue weighted by atomic mass is 35.5. The number of halogens is 2. The summed E-state index contributed by atoms with van der Waals surface area (Å²) in [5.41, 5.74) is 0.451. The first kappa shape index (κ1) is 21.2. The summed E-state index contributed by atoms with van der Waals surface area (Å²) in [5, 5.41) is 8.25. The van der Waals surface area contributed by atoms with Gasteiger partial charge in [-0.3, -0.25) is 14.5 Å². The first-order valence-corrected chi connectivity index (χ1v) is 11.1. The molecule has 0 atom stereocenters. The van der Waals surface area contributed by atoms with Gasteiger partial charge in [0, 0.05) is 37.3 Å². The average Bonchev–Trinajstić information content (AvgIpc) is 3.39. The van der Waals surface area contributed by atoms with Crippen LogP contribution < -0.4 is 5.32 Å². The zero-order chi connectivity index (χ0) is 21.1. The van der Waals surface area contributed by atoms with Gasteiger partial charge in [0.15, 0.2) is 0 Å². The predicted octanol–water partition coefficient (Wildman–Crippen LogP) is 3.70. The Morgan fingerprint density at radius 2 is 1.80 bits per heavy atom. The number of hydrogen-bond acceptors (Lipinski definition) is 4. The van der Waals surface area contributed by atoms with Crippen LogP contribution in [0.15, 0.2) is 30.5 Å². The molecule has 7 nitrogen and oxygen atoms in total. The smallest absolute Gasteiger partial charge is 0.255 e. The van der Waals surface area contributed by atoms with Gasteiger partial charge >= 0.3 is 0 Å². The summed E-state index contributed by atoms with van der Waals surface area (Å²) in [5.74, 6) is 0.592. The van der Waals surface area contributed by atoms with Crippen LogP contribution in [0.5, 0.6) is 0 Å². The summed E-state index contributed by atoms with van der Waals surface area (Å²) < 4.78 is 1.94. The Morgan fingerprint density at radius 3 is 2.50 bits per heavy atom. The van der Waals surface area contributed by atoms with Crippen molar-refractivity contribution in [2.75, 3.05) is 38.0 Å². The highest BCUT2D eigenvalue weighted by Crippen LogP contribution is 2.31. The summed E-state index contributed by atoms with van der Waals surface area (Å²) in [7, 11) is 0. The van der Waals surface area contributed by atoms with Gasteiger partial charge in [-0.05, 0) is 31.0 Å². The molecule has 0 spiro atoms. The number of carbonyl (C=O) groups is 2. The molecule has 30 heavy (non-hydrogen) atoms. The van der Waals surface area contributed by atoms with E-state index in [1.807, 2.05) is 10.7 Å². The van der Waals surface area contributed by atoms with Gasteiger partial charge in [0.05, 0.1) is 29.4 Å². The molecule has 1 saturated heterocycles. The normalized spacial score (nSPS) is 18.0. The van der Waals surface area contributed by atoms with Gasteiger partial charge in [0.1, 0.15) is 5.82 Å². The van der Waals surface area contributed by atoms with E-state index in [4.69, 9.17) is 23.2 Å². The summed E-state index contributed by atoms with van der Waals surface area (Å²) in [4.78, 5) is 29.1. The number of anilines is 1. The standard InChI is InChI=1S/C21H25Cl2N5O2/c22-15-5-6-17(18(23)13-15)21(30)27-11-9-26(10-12-27)14-20(29)25-19-7-8-24-28(19)16-3-1-2-4-16/h5-8,13,16H,1-4,9-12,14H2,(H,25,29). The maximum Gasteiger partial charge on any atom is 0.255 e. The van der Waals surface area contributed by atoms with Crippen LogP contribution in [0.4, 0.5) is 5.82 Å². The molecule has 0 unspecified atom stereocenters. The molecule has 2 amide bonds. The number of nitrogens with zero attached hydrogens (tertiary/aromatic N) is 4. The van der Waals surface area contributed by atoms with Crippen molar-refractivity contribution >= 4 is 40.8 Å². The van der Waals surface area contributed by atoms with E-state index in [0.29, 0.717) is 54.4 Å². The highest BCUT2D eigenvalue weighted by Gasteiger charge is 2.25. The zero-order valence-corrected chi connectivity index (χ0v) is 18.2. The van der Waals surface area contributed by atoms with Crippen LogP contribution in [-0.4, -0.2) is 64.1 Å². The predicted molar refractivity (Wildman–Crippen MR) is 117 cm³/mol. The Balaban J connectivity index is 1.28. The van der Waals surface area contributed by atoms with Crippen molar-refractivity contribution in [2.24, 2.45) is 0 Å². The van der Waals surface area contributed by atoms with Crippen molar-refractivity contribution in [3.05, 3.63) is 46.1 Å². The number of carbonyl (C=O) groups excluding carboxylic acids is 2. The lowest BCUT2D eigenvalue weighted by Crippen LogP contribution is -2.50. The van der Waals surface area contributed by atoms with Gasteiger partial charge in [0.25, 0.3) is 5.91 Å². The van der Waals surface area contributed by atoms with Crippen molar-refractivity contribution < 1.29 is 9.59 Å². The van der Waals surface area contributed by atoms with Crippen LogP contribution in [0.3, 0.4) is 0 Å². The number of amides is 2. The fraction of sp³-hybridized carbons (Fsp3) is 0.476. The van der Waals surface area contributed by atoms with Crippen molar-refractivity contribution in [2.45, 2.75) is 31.7 Å². The summed E-state index contributed by atoms with van der Waals surface area (Å²) in [6.07, 6.45) is 6.38. The van der Waals surface area contributed by atoms with Gasteiger partial charge in [-0.15, -0.1) is 0 Å². The Bertz CT molecular complexity index is 918.